The van der Waals surface area contributed by atoms with Crippen molar-refractivity contribution in [3.63, 3.8) is 0 Å². The highest BCUT2D eigenvalue weighted by atomic mass is 16.1. The summed E-state index contributed by atoms with van der Waals surface area (Å²) in [5, 5.41) is 2.75. The highest BCUT2D eigenvalue weighted by Crippen LogP contribution is 2.07. The molecule has 1 saturated heterocycles. The van der Waals surface area contributed by atoms with Gasteiger partial charge in [0, 0.05) is 12.1 Å². The van der Waals surface area contributed by atoms with Gasteiger partial charge >= 0.3 is 0 Å². The van der Waals surface area contributed by atoms with Gasteiger partial charge in [0.25, 0.3) is 0 Å². The fraction of sp³-hybridized carbons (Fsp3) is 0.571. The third kappa shape index (κ3) is 1.31. The van der Waals surface area contributed by atoms with Crippen LogP contribution in [0.15, 0.2) is 11.6 Å². The number of hydrogen-bond donors (Lipinski definition) is 1. The molecule has 0 radical (unpaired) electrons. The molecule has 1 amide bonds. The second-order valence-corrected chi connectivity index (χ2v) is 2.14. The molecule has 1 heterocycles. The largest absolute Gasteiger partial charge is 0.352 e. The number of carbonyl (C=O) groups is 1. The van der Waals surface area contributed by atoms with E-state index in [1.165, 1.54) is 0 Å². The van der Waals surface area contributed by atoms with Crippen molar-refractivity contribution in [3.05, 3.63) is 11.6 Å². The molecule has 1 aliphatic rings. The fourth-order valence-corrected chi connectivity index (χ4v) is 0.979. The molecule has 0 saturated carbocycles. The predicted molar refractivity (Wildman–Crippen MR) is 36.0 cm³/mol. The van der Waals surface area contributed by atoms with Gasteiger partial charge in [0.05, 0.1) is 0 Å². The minimum absolute atomic E-state index is 0.122. The van der Waals surface area contributed by atoms with Crippen LogP contribution in [-0.4, -0.2) is 12.5 Å². The van der Waals surface area contributed by atoms with Crippen molar-refractivity contribution in [2.24, 2.45) is 0 Å². The molecule has 0 spiro atoms. The van der Waals surface area contributed by atoms with E-state index in [0.29, 0.717) is 0 Å². The zero-order valence-electron chi connectivity index (χ0n) is 5.61. The molecule has 2 heteroatoms. The Hall–Kier alpha value is -0.790. The highest BCUT2D eigenvalue weighted by Gasteiger charge is 2.13. The normalized spacial score (nSPS) is 22.8. The Morgan fingerprint density at radius 3 is 3.00 bits per heavy atom. The summed E-state index contributed by atoms with van der Waals surface area (Å²) in [5.74, 6) is 0.122. The maximum Gasteiger partial charge on any atom is 0.246 e. The van der Waals surface area contributed by atoms with E-state index in [1.807, 2.05) is 13.0 Å². The Morgan fingerprint density at radius 2 is 2.56 bits per heavy atom. The number of amides is 1. The van der Waals surface area contributed by atoms with E-state index < -0.39 is 0 Å². The zero-order valence-corrected chi connectivity index (χ0v) is 5.61. The average molecular weight is 125 g/mol. The van der Waals surface area contributed by atoms with E-state index in [-0.39, 0.29) is 5.91 Å². The first kappa shape index (κ1) is 6.33. The summed E-state index contributed by atoms with van der Waals surface area (Å²) in [4.78, 5) is 10.8. The van der Waals surface area contributed by atoms with Gasteiger partial charge in [0.2, 0.25) is 5.91 Å². The van der Waals surface area contributed by atoms with Crippen molar-refractivity contribution < 1.29 is 4.79 Å². The van der Waals surface area contributed by atoms with Crippen LogP contribution in [0.5, 0.6) is 0 Å². The van der Waals surface area contributed by atoms with Crippen molar-refractivity contribution in [2.45, 2.75) is 19.8 Å². The Kier molecular flexibility index (Phi) is 1.88. The molecule has 0 aliphatic carbocycles. The topological polar surface area (TPSA) is 29.1 Å². The lowest BCUT2D eigenvalue weighted by Gasteiger charge is -1.88. The van der Waals surface area contributed by atoms with Gasteiger partial charge in [-0.15, -0.1) is 0 Å². The van der Waals surface area contributed by atoms with Crippen LogP contribution in [0.25, 0.3) is 0 Å². The summed E-state index contributed by atoms with van der Waals surface area (Å²) in [5.41, 5.74) is 0.956. The molecule has 9 heavy (non-hydrogen) atoms. The van der Waals surface area contributed by atoms with Crippen molar-refractivity contribution in [3.8, 4) is 0 Å². The monoisotopic (exact) mass is 125 g/mol. The Morgan fingerprint density at radius 1 is 1.78 bits per heavy atom. The minimum atomic E-state index is 0.122. The lowest BCUT2D eigenvalue weighted by molar-refractivity contribution is -0.116. The van der Waals surface area contributed by atoms with E-state index in [4.69, 9.17) is 0 Å². The molecular weight excluding hydrogens is 114 g/mol. The molecule has 0 unspecified atom stereocenters. The molecule has 1 rings (SSSR count). The van der Waals surface area contributed by atoms with Gasteiger partial charge in [-0.05, 0) is 12.8 Å². The molecule has 2 nitrogen and oxygen atoms in total. The van der Waals surface area contributed by atoms with Crippen molar-refractivity contribution in [1.82, 2.24) is 5.32 Å². The average Bonchev–Trinajstić information content (AvgIpc) is 2.18. The standard InChI is InChI=1S/C7H11NO/c1-2-3-6-4-5-8-7(6)9/h3H,2,4-5H2,1H3,(H,8,9). The molecule has 0 aromatic carbocycles. The van der Waals surface area contributed by atoms with Gasteiger partial charge in [-0.25, -0.2) is 0 Å². The first-order chi connectivity index (χ1) is 4.34. The van der Waals surface area contributed by atoms with Gasteiger partial charge < -0.3 is 5.32 Å². The van der Waals surface area contributed by atoms with Crippen LogP contribution in [0.2, 0.25) is 0 Å². The second kappa shape index (κ2) is 2.67. The van der Waals surface area contributed by atoms with Crippen molar-refractivity contribution in [2.75, 3.05) is 6.54 Å². The number of carbonyl (C=O) groups excluding carboxylic acids is 1. The lowest BCUT2D eigenvalue weighted by atomic mass is 10.2. The van der Waals surface area contributed by atoms with Crippen LogP contribution in [0, 0.1) is 0 Å². The van der Waals surface area contributed by atoms with Gasteiger partial charge in [-0.3, -0.25) is 4.79 Å². The first-order valence-electron chi connectivity index (χ1n) is 3.32. The van der Waals surface area contributed by atoms with Gasteiger partial charge in [0.1, 0.15) is 0 Å². The summed E-state index contributed by atoms with van der Waals surface area (Å²) in [6, 6.07) is 0. The molecular formula is C7H11NO. The van der Waals surface area contributed by atoms with Crippen LogP contribution in [-0.2, 0) is 4.79 Å². The predicted octanol–water partition coefficient (Wildman–Crippen LogP) is 0.843. The summed E-state index contributed by atoms with van der Waals surface area (Å²) in [7, 11) is 0. The Bertz CT molecular complexity index is 149. The summed E-state index contributed by atoms with van der Waals surface area (Å²) >= 11 is 0. The van der Waals surface area contributed by atoms with Gasteiger partial charge in [0.15, 0.2) is 0 Å². The molecule has 0 aromatic rings. The summed E-state index contributed by atoms with van der Waals surface area (Å²) < 4.78 is 0. The van der Waals surface area contributed by atoms with E-state index in [2.05, 4.69) is 5.32 Å². The lowest BCUT2D eigenvalue weighted by Crippen LogP contribution is -2.13. The molecule has 1 fully saturated rings. The molecule has 0 aromatic heterocycles. The van der Waals surface area contributed by atoms with Crippen LogP contribution >= 0.6 is 0 Å². The van der Waals surface area contributed by atoms with Gasteiger partial charge in [-0.1, -0.05) is 13.0 Å². The maximum atomic E-state index is 10.8. The molecule has 0 bridgehead atoms. The van der Waals surface area contributed by atoms with Crippen molar-refractivity contribution >= 4 is 5.91 Å². The number of hydrogen-bond acceptors (Lipinski definition) is 1. The van der Waals surface area contributed by atoms with Crippen LogP contribution < -0.4 is 5.32 Å². The zero-order chi connectivity index (χ0) is 6.69. The van der Waals surface area contributed by atoms with E-state index in [9.17, 15) is 4.79 Å². The number of nitrogens with one attached hydrogen (secondary N) is 1. The highest BCUT2D eigenvalue weighted by molar-refractivity contribution is 5.95. The van der Waals surface area contributed by atoms with Crippen LogP contribution in [0.3, 0.4) is 0 Å². The van der Waals surface area contributed by atoms with Crippen molar-refractivity contribution in [1.29, 1.82) is 0 Å². The number of rotatable bonds is 1. The maximum absolute atomic E-state index is 10.8. The van der Waals surface area contributed by atoms with E-state index in [1.54, 1.807) is 0 Å². The van der Waals surface area contributed by atoms with Crippen LogP contribution in [0.1, 0.15) is 19.8 Å². The van der Waals surface area contributed by atoms with E-state index >= 15 is 0 Å². The molecule has 1 aliphatic heterocycles. The molecule has 1 N–H and O–H groups in total. The van der Waals surface area contributed by atoms with Gasteiger partial charge in [-0.2, -0.15) is 0 Å². The molecule has 50 valence electrons. The van der Waals surface area contributed by atoms with Crippen LogP contribution in [0.4, 0.5) is 0 Å². The fourth-order valence-electron chi connectivity index (χ4n) is 0.979. The number of allylic oxidation sites excluding steroid dienone is 1. The Balaban J connectivity index is 2.59. The third-order valence-corrected chi connectivity index (χ3v) is 1.42. The molecule has 0 atom stereocenters. The smallest absolute Gasteiger partial charge is 0.246 e. The quantitative estimate of drug-likeness (QED) is 0.517. The first-order valence-corrected chi connectivity index (χ1v) is 3.32. The summed E-state index contributed by atoms with van der Waals surface area (Å²) in [6.45, 7) is 2.86. The Labute approximate surface area is 54.9 Å². The third-order valence-electron chi connectivity index (χ3n) is 1.42. The SMILES string of the molecule is CCC=C1CCNC1=O. The summed E-state index contributed by atoms with van der Waals surface area (Å²) in [6.07, 6.45) is 3.86. The van der Waals surface area contributed by atoms with E-state index in [0.717, 1.165) is 25.0 Å². The second-order valence-electron chi connectivity index (χ2n) is 2.14. The minimum Gasteiger partial charge on any atom is -0.352 e.